The minimum atomic E-state index is 0.373. The highest BCUT2D eigenvalue weighted by atomic mass is 15.1. The van der Waals surface area contributed by atoms with Crippen LogP contribution in [0, 0.1) is 0 Å². The molecule has 0 spiro atoms. The lowest BCUT2D eigenvalue weighted by atomic mass is 10.1. The molecular weight excluding hydrogens is 150 g/mol. The second kappa shape index (κ2) is 3.76. The van der Waals surface area contributed by atoms with E-state index < -0.39 is 0 Å². The number of hydrogen-bond acceptors (Lipinski definition) is 2. The van der Waals surface area contributed by atoms with Gasteiger partial charge in [-0.25, -0.2) is 0 Å². The molecule has 3 heteroatoms. The number of hydrazone groups is 1. The summed E-state index contributed by atoms with van der Waals surface area (Å²) in [6, 6.07) is 7.88. The first-order chi connectivity index (χ1) is 5.77. The summed E-state index contributed by atoms with van der Waals surface area (Å²) in [5.74, 6) is 5.41. The van der Waals surface area contributed by atoms with Gasteiger partial charge in [0.05, 0.1) is 0 Å². The Morgan fingerprint density at radius 2 is 1.92 bits per heavy atom. The first-order valence-corrected chi connectivity index (χ1v) is 3.90. The smallest absolute Gasteiger partial charge is 0.150 e. The minimum absolute atomic E-state index is 0.373. The standard InChI is InChI=1S/C9H13N3/c1-2-7-3-5-8(6-4-7)9(10)12-11/h3-6H,2,11H2,1H3,(H2,10,12). The topological polar surface area (TPSA) is 64.4 Å². The van der Waals surface area contributed by atoms with Crippen molar-refractivity contribution in [2.24, 2.45) is 16.7 Å². The molecule has 0 fully saturated rings. The maximum Gasteiger partial charge on any atom is 0.150 e. The summed E-state index contributed by atoms with van der Waals surface area (Å²) < 4.78 is 0. The van der Waals surface area contributed by atoms with Gasteiger partial charge in [-0.3, -0.25) is 0 Å². The molecule has 0 aliphatic heterocycles. The molecule has 0 aliphatic carbocycles. The Kier molecular flexibility index (Phi) is 2.69. The first-order valence-electron chi connectivity index (χ1n) is 3.90. The normalized spacial score (nSPS) is 11.6. The summed E-state index contributed by atoms with van der Waals surface area (Å²) in [5.41, 5.74) is 7.66. The fourth-order valence-electron chi connectivity index (χ4n) is 0.986. The lowest BCUT2D eigenvalue weighted by Crippen LogP contribution is -2.15. The Labute approximate surface area is 72.1 Å². The van der Waals surface area contributed by atoms with Gasteiger partial charge in [0.15, 0.2) is 0 Å². The highest BCUT2D eigenvalue weighted by molar-refractivity contribution is 5.97. The van der Waals surface area contributed by atoms with Crippen LogP contribution in [-0.4, -0.2) is 5.84 Å². The summed E-state index contributed by atoms with van der Waals surface area (Å²) in [6.07, 6.45) is 1.03. The van der Waals surface area contributed by atoms with Gasteiger partial charge in [-0.05, 0) is 12.0 Å². The molecule has 0 saturated carbocycles. The Balaban J connectivity index is 2.92. The van der Waals surface area contributed by atoms with Crippen LogP contribution in [0.25, 0.3) is 0 Å². The van der Waals surface area contributed by atoms with E-state index in [4.69, 9.17) is 11.6 Å². The zero-order valence-corrected chi connectivity index (χ0v) is 7.12. The largest absolute Gasteiger partial charge is 0.382 e. The molecule has 0 saturated heterocycles. The van der Waals surface area contributed by atoms with Crippen molar-refractivity contribution in [1.82, 2.24) is 0 Å². The van der Waals surface area contributed by atoms with Crippen molar-refractivity contribution >= 4 is 5.84 Å². The van der Waals surface area contributed by atoms with Crippen LogP contribution in [0.5, 0.6) is 0 Å². The predicted octanol–water partition coefficient (Wildman–Crippen LogP) is 0.828. The fourth-order valence-corrected chi connectivity index (χ4v) is 0.986. The Morgan fingerprint density at radius 1 is 1.33 bits per heavy atom. The lowest BCUT2D eigenvalue weighted by Gasteiger charge is -2.00. The van der Waals surface area contributed by atoms with Crippen molar-refractivity contribution in [3.05, 3.63) is 35.4 Å². The van der Waals surface area contributed by atoms with Crippen molar-refractivity contribution in [3.63, 3.8) is 0 Å². The van der Waals surface area contributed by atoms with Crippen molar-refractivity contribution in [2.75, 3.05) is 0 Å². The summed E-state index contributed by atoms with van der Waals surface area (Å²) in [7, 11) is 0. The van der Waals surface area contributed by atoms with Gasteiger partial charge in [0, 0.05) is 5.56 Å². The van der Waals surface area contributed by atoms with E-state index in [2.05, 4.69) is 12.0 Å². The average molecular weight is 163 g/mol. The van der Waals surface area contributed by atoms with Gasteiger partial charge in [-0.15, -0.1) is 0 Å². The zero-order chi connectivity index (χ0) is 8.97. The highest BCUT2D eigenvalue weighted by Gasteiger charge is 1.96. The molecule has 3 nitrogen and oxygen atoms in total. The van der Waals surface area contributed by atoms with Crippen molar-refractivity contribution in [2.45, 2.75) is 13.3 Å². The first kappa shape index (κ1) is 8.59. The Hall–Kier alpha value is -1.51. The number of amidine groups is 1. The molecule has 0 aromatic heterocycles. The fraction of sp³-hybridized carbons (Fsp3) is 0.222. The van der Waals surface area contributed by atoms with Gasteiger partial charge in [0.1, 0.15) is 5.84 Å². The van der Waals surface area contributed by atoms with Crippen LogP contribution in [0.15, 0.2) is 29.4 Å². The molecule has 1 aromatic carbocycles. The monoisotopic (exact) mass is 163 g/mol. The molecule has 0 bridgehead atoms. The Bertz CT molecular complexity index is 274. The minimum Gasteiger partial charge on any atom is -0.382 e. The van der Waals surface area contributed by atoms with E-state index in [1.807, 2.05) is 24.3 Å². The van der Waals surface area contributed by atoms with Gasteiger partial charge < -0.3 is 11.6 Å². The number of hydrogen-bond donors (Lipinski definition) is 2. The number of nitrogens with zero attached hydrogens (tertiary/aromatic N) is 1. The predicted molar refractivity (Wildman–Crippen MR) is 50.7 cm³/mol. The van der Waals surface area contributed by atoms with Crippen LogP contribution >= 0.6 is 0 Å². The SMILES string of the molecule is CCc1ccc(C(N)=NN)cc1. The second-order valence-electron chi connectivity index (χ2n) is 2.56. The molecule has 0 aliphatic rings. The van der Waals surface area contributed by atoms with E-state index in [9.17, 15) is 0 Å². The molecule has 0 radical (unpaired) electrons. The molecule has 12 heavy (non-hydrogen) atoms. The summed E-state index contributed by atoms with van der Waals surface area (Å²) >= 11 is 0. The molecule has 1 rings (SSSR count). The summed E-state index contributed by atoms with van der Waals surface area (Å²) in [4.78, 5) is 0. The average Bonchev–Trinajstić information content (AvgIpc) is 2.17. The summed E-state index contributed by atoms with van der Waals surface area (Å²) in [5, 5.41) is 3.41. The van der Waals surface area contributed by atoms with Crippen molar-refractivity contribution in [3.8, 4) is 0 Å². The van der Waals surface area contributed by atoms with Gasteiger partial charge >= 0.3 is 0 Å². The highest BCUT2D eigenvalue weighted by Crippen LogP contribution is 2.03. The van der Waals surface area contributed by atoms with Crippen LogP contribution in [0.1, 0.15) is 18.1 Å². The third kappa shape index (κ3) is 1.75. The molecule has 0 atom stereocenters. The molecule has 0 unspecified atom stereocenters. The van der Waals surface area contributed by atoms with Gasteiger partial charge in [-0.1, -0.05) is 31.2 Å². The molecule has 1 aromatic rings. The maximum atomic E-state index is 5.51. The number of nitrogens with two attached hydrogens (primary N) is 2. The lowest BCUT2D eigenvalue weighted by molar-refractivity contribution is 1.14. The maximum absolute atomic E-state index is 5.51. The van der Waals surface area contributed by atoms with E-state index in [0.29, 0.717) is 5.84 Å². The van der Waals surface area contributed by atoms with Gasteiger partial charge in [0.2, 0.25) is 0 Å². The van der Waals surface area contributed by atoms with E-state index in [-0.39, 0.29) is 0 Å². The van der Waals surface area contributed by atoms with Crippen LogP contribution in [0.2, 0.25) is 0 Å². The number of benzene rings is 1. The van der Waals surface area contributed by atoms with Crippen LogP contribution in [0.4, 0.5) is 0 Å². The van der Waals surface area contributed by atoms with E-state index in [1.165, 1.54) is 5.56 Å². The van der Waals surface area contributed by atoms with Crippen LogP contribution in [-0.2, 0) is 6.42 Å². The quantitative estimate of drug-likeness (QED) is 0.293. The molecule has 0 amide bonds. The Morgan fingerprint density at radius 3 is 2.33 bits per heavy atom. The number of rotatable bonds is 2. The van der Waals surface area contributed by atoms with Gasteiger partial charge in [-0.2, -0.15) is 5.10 Å². The third-order valence-electron chi connectivity index (χ3n) is 1.80. The number of aryl methyl sites for hydroxylation is 1. The van der Waals surface area contributed by atoms with E-state index in [1.54, 1.807) is 0 Å². The zero-order valence-electron chi connectivity index (χ0n) is 7.12. The van der Waals surface area contributed by atoms with E-state index >= 15 is 0 Å². The van der Waals surface area contributed by atoms with Crippen LogP contribution < -0.4 is 11.6 Å². The van der Waals surface area contributed by atoms with E-state index in [0.717, 1.165) is 12.0 Å². The third-order valence-corrected chi connectivity index (χ3v) is 1.80. The van der Waals surface area contributed by atoms with Crippen molar-refractivity contribution < 1.29 is 0 Å². The van der Waals surface area contributed by atoms with Crippen molar-refractivity contribution in [1.29, 1.82) is 0 Å². The van der Waals surface area contributed by atoms with Crippen LogP contribution in [0.3, 0.4) is 0 Å². The van der Waals surface area contributed by atoms with Gasteiger partial charge in [0.25, 0.3) is 0 Å². The summed E-state index contributed by atoms with van der Waals surface area (Å²) in [6.45, 7) is 2.11. The molecule has 64 valence electrons. The molecule has 0 heterocycles. The molecular formula is C9H13N3. The second-order valence-corrected chi connectivity index (χ2v) is 2.56. The molecule has 4 N–H and O–H groups in total.